The molecule has 0 saturated heterocycles. The number of furan rings is 1. The van der Waals surface area contributed by atoms with Gasteiger partial charge in [-0.3, -0.25) is 5.84 Å². The second kappa shape index (κ2) is 6.03. The van der Waals surface area contributed by atoms with Crippen LogP contribution in [-0.2, 0) is 9.84 Å². The first kappa shape index (κ1) is 13.2. The molecule has 1 aromatic heterocycles. The highest BCUT2D eigenvalue weighted by molar-refractivity contribution is 7.91. The Bertz CT molecular complexity index is 386. The molecule has 0 saturated carbocycles. The van der Waals surface area contributed by atoms with Gasteiger partial charge in [0.15, 0.2) is 0 Å². The Balaban J connectivity index is 2.42. The molecule has 3 N–H and O–H groups in total. The fourth-order valence-corrected chi connectivity index (χ4v) is 2.34. The van der Waals surface area contributed by atoms with E-state index < -0.39 is 9.84 Å². The summed E-state index contributed by atoms with van der Waals surface area (Å²) in [5.74, 6) is 6.51. The van der Waals surface area contributed by atoms with Gasteiger partial charge in [-0.05, 0) is 25.0 Å². The smallest absolute Gasteiger partial charge is 0.150 e. The van der Waals surface area contributed by atoms with Crippen molar-refractivity contribution in [2.45, 2.75) is 25.8 Å². The lowest BCUT2D eigenvalue weighted by Gasteiger charge is -2.12. The lowest BCUT2D eigenvalue weighted by molar-refractivity contribution is 0.398. The second-order valence-electron chi connectivity index (χ2n) is 3.61. The van der Waals surface area contributed by atoms with E-state index >= 15 is 0 Å². The molecular weight excluding hydrogens is 228 g/mol. The largest absolute Gasteiger partial charge is 0.468 e. The highest BCUT2D eigenvalue weighted by atomic mass is 32.2. The molecule has 1 atom stereocenters. The Morgan fingerprint density at radius 2 is 2.31 bits per heavy atom. The van der Waals surface area contributed by atoms with Crippen LogP contribution in [0.3, 0.4) is 0 Å². The third-order valence-corrected chi connectivity index (χ3v) is 4.27. The summed E-state index contributed by atoms with van der Waals surface area (Å²) in [5.41, 5.74) is 2.62. The summed E-state index contributed by atoms with van der Waals surface area (Å²) in [7, 11) is -2.89. The first-order valence-corrected chi connectivity index (χ1v) is 7.11. The van der Waals surface area contributed by atoms with Crippen molar-refractivity contribution < 1.29 is 12.8 Å². The van der Waals surface area contributed by atoms with Crippen LogP contribution < -0.4 is 11.3 Å². The van der Waals surface area contributed by atoms with Crippen LogP contribution in [0.15, 0.2) is 22.8 Å². The Morgan fingerprint density at radius 1 is 1.56 bits per heavy atom. The monoisotopic (exact) mass is 246 g/mol. The van der Waals surface area contributed by atoms with Gasteiger partial charge in [-0.15, -0.1) is 0 Å². The number of nitrogens with two attached hydrogens (primary N) is 1. The number of hydrogen-bond acceptors (Lipinski definition) is 5. The summed E-state index contributed by atoms with van der Waals surface area (Å²) >= 11 is 0. The van der Waals surface area contributed by atoms with E-state index in [0.717, 1.165) is 5.76 Å². The Hall–Kier alpha value is -0.850. The van der Waals surface area contributed by atoms with Crippen LogP contribution in [0, 0.1) is 0 Å². The Kier molecular flexibility index (Phi) is 4.98. The van der Waals surface area contributed by atoms with Crippen LogP contribution in [0.1, 0.15) is 31.6 Å². The van der Waals surface area contributed by atoms with E-state index in [2.05, 4.69) is 5.43 Å². The molecule has 0 radical (unpaired) electrons. The fraction of sp³-hybridized carbons (Fsp3) is 0.600. The molecule has 92 valence electrons. The minimum Gasteiger partial charge on any atom is -0.468 e. The van der Waals surface area contributed by atoms with Gasteiger partial charge in [0.2, 0.25) is 0 Å². The van der Waals surface area contributed by atoms with Crippen LogP contribution in [0.2, 0.25) is 0 Å². The molecule has 6 heteroatoms. The molecule has 1 rings (SSSR count). The van der Waals surface area contributed by atoms with E-state index in [1.807, 2.05) is 6.07 Å². The molecule has 1 unspecified atom stereocenters. The average molecular weight is 246 g/mol. The molecule has 0 fully saturated rings. The third kappa shape index (κ3) is 3.96. The summed E-state index contributed by atoms with van der Waals surface area (Å²) in [6.07, 6.45) is 2.79. The zero-order valence-electron chi connectivity index (χ0n) is 9.35. The van der Waals surface area contributed by atoms with Gasteiger partial charge in [-0.2, -0.15) is 0 Å². The van der Waals surface area contributed by atoms with Crippen molar-refractivity contribution in [1.82, 2.24) is 5.43 Å². The van der Waals surface area contributed by atoms with E-state index in [-0.39, 0.29) is 17.5 Å². The van der Waals surface area contributed by atoms with Crippen molar-refractivity contribution in [3.05, 3.63) is 24.2 Å². The van der Waals surface area contributed by atoms with Crippen molar-refractivity contribution in [2.75, 3.05) is 11.5 Å². The van der Waals surface area contributed by atoms with E-state index in [9.17, 15) is 8.42 Å². The number of sulfone groups is 1. The zero-order valence-corrected chi connectivity index (χ0v) is 10.2. The Labute approximate surface area is 95.9 Å². The van der Waals surface area contributed by atoms with E-state index in [1.165, 1.54) is 0 Å². The number of nitrogens with one attached hydrogen (secondary N) is 1. The average Bonchev–Trinajstić information content (AvgIpc) is 2.78. The predicted molar refractivity (Wildman–Crippen MR) is 62.3 cm³/mol. The highest BCUT2D eigenvalue weighted by Gasteiger charge is 2.14. The minimum atomic E-state index is -2.89. The molecule has 0 amide bonds. The first-order chi connectivity index (χ1) is 7.59. The number of rotatable bonds is 7. The molecule has 0 spiro atoms. The highest BCUT2D eigenvalue weighted by Crippen LogP contribution is 2.18. The van der Waals surface area contributed by atoms with Crippen molar-refractivity contribution in [3.8, 4) is 0 Å². The third-order valence-electron chi connectivity index (χ3n) is 2.48. The normalized spacial score (nSPS) is 13.9. The summed E-state index contributed by atoms with van der Waals surface area (Å²) < 4.78 is 27.8. The van der Waals surface area contributed by atoms with Crippen molar-refractivity contribution in [2.24, 2.45) is 5.84 Å². The van der Waals surface area contributed by atoms with Crippen molar-refractivity contribution in [1.29, 1.82) is 0 Å². The van der Waals surface area contributed by atoms with Gasteiger partial charge in [0.1, 0.15) is 15.6 Å². The SMILES string of the molecule is CCS(=O)(=O)CCCC(NN)c1ccco1. The lowest BCUT2D eigenvalue weighted by Crippen LogP contribution is -2.28. The van der Waals surface area contributed by atoms with E-state index in [4.69, 9.17) is 10.3 Å². The minimum absolute atomic E-state index is 0.123. The molecule has 0 aliphatic heterocycles. The lowest BCUT2D eigenvalue weighted by atomic mass is 10.1. The van der Waals surface area contributed by atoms with Gasteiger partial charge in [0.05, 0.1) is 18.1 Å². The number of hydrogen-bond donors (Lipinski definition) is 2. The predicted octanol–water partition coefficient (Wildman–Crippen LogP) is 0.999. The van der Waals surface area contributed by atoms with Gasteiger partial charge in [-0.25, -0.2) is 13.8 Å². The summed E-state index contributed by atoms with van der Waals surface area (Å²) in [5, 5.41) is 0. The molecule has 1 heterocycles. The van der Waals surface area contributed by atoms with Gasteiger partial charge in [-0.1, -0.05) is 6.92 Å². The summed E-state index contributed by atoms with van der Waals surface area (Å²) in [6.45, 7) is 1.65. The maximum atomic E-state index is 11.3. The zero-order chi connectivity index (χ0) is 12.0. The van der Waals surface area contributed by atoms with Gasteiger partial charge < -0.3 is 4.42 Å². The maximum absolute atomic E-state index is 11.3. The fourth-order valence-electron chi connectivity index (χ4n) is 1.45. The summed E-state index contributed by atoms with van der Waals surface area (Å²) in [4.78, 5) is 0. The van der Waals surface area contributed by atoms with Gasteiger partial charge in [0, 0.05) is 5.75 Å². The molecule has 1 aromatic rings. The van der Waals surface area contributed by atoms with E-state index in [1.54, 1.807) is 19.3 Å². The molecule has 5 nitrogen and oxygen atoms in total. The second-order valence-corrected chi connectivity index (χ2v) is 6.09. The standard InChI is InChI=1S/C10H18N2O3S/c1-2-16(13,14)8-4-5-9(12-11)10-6-3-7-15-10/h3,6-7,9,12H,2,4-5,8,11H2,1H3. The molecule has 0 bridgehead atoms. The molecule has 0 aliphatic carbocycles. The summed E-state index contributed by atoms with van der Waals surface area (Å²) in [6, 6.07) is 3.48. The van der Waals surface area contributed by atoms with Gasteiger partial charge >= 0.3 is 0 Å². The quantitative estimate of drug-likeness (QED) is 0.553. The van der Waals surface area contributed by atoms with Crippen LogP contribution in [0.5, 0.6) is 0 Å². The van der Waals surface area contributed by atoms with E-state index in [0.29, 0.717) is 12.8 Å². The van der Waals surface area contributed by atoms with Crippen LogP contribution in [0.25, 0.3) is 0 Å². The topological polar surface area (TPSA) is 85.3 Å². The molecule has 16 heavy (non-hydrogen) atoms. The molecular formula is C10H18N2O3S. The van der Waals surface area contributed by atoms with Gasteiger partial charge in [0.25, 0.3) is 0 Å². The number of hydrazine groups is 1. The first-order valence-electron chi connectivity index (χ1n) is 5.29. The molecule has 0 aliphatic rings. The van der Waals surface area contributed by atoms with Crippen LogP contribution >= 0.6 is 0 Å². The van der Waals surface area contributed by atoms with Crippen LogP contribution in [0.4, 0.5) is 0 Å². The molecule has 0 aromatic carbocycles. The maximum Gasteiger partial charge on any atom is 0.150 e. The van der Waals surface area contributed by atoms with Crippen molar-refractivity contribution in [3.63, 3.8) is 0 Å². The Morgan fingerprint density at radius 3 is 2.81 bits per heavy atom. The van der Waals surface area contributed by atoms with Crippen molar-refractivity contribution >= 4 is 9.84 Å². The van der Waals surface area contributed by atoms with Crippen LogP contribution in [-0.4, -0.2) is 19.9 Å².